The van der Waals surface area contributed by atoms with Crippen LogP contribution in [0.1, 0.15) is 26.1 Å². The Bertz CT molecular complexity index is 351. The van der Waals surface area contributed by atoms with E-state index in [1.165, 1.54) is 4.80 Å². The number of tetrazole rings is 1. The predicted molar refractivity (Wildman–Crippen MR) is 52.0 cm³/mol. The number of hydrogen-bond donors (Lipinski definition) is 2. The van der Waals surface area contributed by atoms with Crippen molar-refractivity contribution in [1.29, 1.82) is 0 Å². The zero-order valence-corrected chi connectivity index (χ0v) is 9.06. The van der Waals surface area contributed by atoms with Gasteiger partial charge in [0.2, 0.25) is 0 Å². The first-order valence-corrected chi connectivity index (χ1v) is 4.69. The fourth-order valence-electron chi connectivity index (χ4n) is 1.02. The molecule has 1 rings (SSSR count). The molecule has 0 amide bonds. The van der Waals surface area contributed by atoms with Gasteiger partial charge >= 0.3 is 5.97 Å². The van der Waals surface area contributed by atoms with Crippen LogP contribution >= 0.6 is 0 Å². The summed E-state index contributed by atoms with van der Waals surface area (Å²) >= 11 is 0. The van der Waals surface area contributed by atoms with Crippen LogP contribution in [-0.2, 0) is 18.4 Å². The normalized spacial score (nSPS) is 14.9. The molecule has 7 nitrogen and oxygen atoms in total. The maximum Gasteiger partial charge on any atom is 0.323 e. The topological polar surface area (TPSA) is 92.9 Å². The van der Waals surface area contributed by atoms with Gasteiger partial charge in [-0.05, 0) is 18.6 Å². The van der Waals surface area contributed by atoms with E-state index in [1.54, 1.807) is 14.0 Å². The number of hydrogen-bond acceptors (Lipinski definition) is 5. The number of carboxylic acid groups (broad SMARTS) is 1. The van der Waals surface area contributed by atoms with E-state index >= 15 is 0 Å². The van der Waals surface area contributed by atoms with Crippen molar-refractivity contribution in [3.8, 4) is 0 Å². The van der Waals surface area contributed by atoms with Gasteiger partial charge in [-0.15, -0.1) is 10.2 Å². The molecule has 0 spiro atoms. The summed E-state index contributed by atoms with van der Waals surface area (Å²) in [7, 11) is 1.66. The Hall–Kier alpha value is -1.50. The van der Waals surface area contributed by atoms with E-state index < -0.39 is 11.5 Å². The Kier molecular flexibility index (Phi) is 3.35. The number of aliphatic carboxylic acids is 1. The molecule has 84 valence electrons. The molecule has 1 unspecified atom stereocenters. The molecule has 0 aliphatic rings. The number of carbonyl (C=O) groups is 1. The molecule has 0 fully saturated rings. The molecule has 15 heavy (non-hydrogen) atoms. The second kappa shape index (κ2) is 4.35. The Morgan fingerprint density at radius 2 is 2.33 bits per heavy atom. The van der Waals surface area contributed by atoms with E-state index in [0.717, 1.165) is 0 Å². The predicted octanol–water partition coefficient (Wildman–Crippen LogP) is -0.447. The number of nitrogens with one attached hydrogen (secondary N) is 1. The molecule has 0 aliphatic heterocycles. The quantitative estimate of drug-likeness (QED) is 0.688. The van der Waals surface area contributed by atoms with E-state index in [4.69, 9.17) is 5.11 Å². The summed E-state index contributed by atoms with van der Waals surface area (Å²) < 4.78 is 0. The molecule has 1 aromatic heterocycles. The highest BCUT2D eigenvalue weighted by Gasteiger charge is 2.30. The van der Waals surface area contributed by atoms with Crippen molar-refractivity contribution in [2.45, 2.75) is 32.4 Å². The lowest BCUT2D eigenvalue weighted by Gasteiger charge is -2.23. The van der Waals surface area contributed by atoms with Crippen LogP contribution in [0.25, 0.3) is 0 Å². The maximum atomic E-state index is 11.0. The highest BCUT2D eigenvalue weighted by Crippen LogP contribution is 2.09. The largest absolute Gasteiger partial charge is 0.480 e. The number of aryl methyl sites for hydroxylation is 1. The van der Waals surface area contributed by atoms with Gasteiger partial charge in [-0.3, -0.25) is 10.1 Å². The van der Waals surface area contributed by atoms with Gasteiger partial charge in [0.1, 0.15) is 5.54 Å². The van der Waals surface area contributed by atoms with Gasteiger partial charge in [0.05, 0.1) is 13.6 Å². The summed E-state index contributed by atoms with van der Waals surface area (Å²) in [6, 6.07) is 0. The summed E-state index contributed by atoms with van der Waals surface area (Å²) in [6.07, 6.45) is 0.489. The first-order valence-electron chi connectivity index (χ1n) is 4.69. The zero-order chi connectivity index (χ0) is 11.5. The van der Waals surface area contributed by atoms with Crippen LogP contribution in [0.4, 0.5) is 0 Å². The smallest absolute Gasteiger partial charge is 0.323 e. The molecule has 0 radical (unpaired) electrons. The molecule has 0 aromatic carbocycles. The van der Waals surface area contributed by atoms with Gasteiger partial charge in [0.15, 0.2) is 5.82 Å². The van der Waals surface area contributed by atoms with Gasteiger partial charge in [-0.25, -0.2) is 0 Å². The number of aromatic nitrogens is 4. The molecule has 0 saturated carbocycles. The van der Waals surface area contributed by atoms with Crippen molar-refractivity contribution in [1.82, 2.24) is 25.5 Å². The fourth-order valence-corrected chi connectivity index (χ4v) is 1.02. The third-order valence-corrected chi connectivity index (χ3v) is 2.37. The summed E-state index contributed by atoms with van der Waals surface area (Å²) in [6.45, 7) is 3.74. The number of carboxylic acids is 1. The zero-order valence-electron chi connectivity index (χ0n) is 9.06. The minimum Gasteiger partial charge on any atom is -0.480 e. The van der Waals surface area contributed by atoms with E-state index in [-0.39, 0.29) is 0 Å². The van der Waals surface area contributed by atoms with Crippen LogP contribution in [-0.4, -0.2) is 36.8 Å². The summed E-state index contributed by atoms with van der Waals surface area (Å²) in [4.78, 5) is 12.3. The Morgan fingerprint density at radius 3 is 2.73 bits per heavy atom. The average molecular weight is 213 g/mol. The molecule has 2 N–H and O–H groups in total. The first-order chi connectivity index (χ1) is 6.98. The molecule has 1 heterocycles. The van der Waals surface area contributed by atoms with Gasteiger partial charge < -0.3 is 5.11 Å². The van der Waals surface area contributed by atoms with Crippen LogP contribution in [0, 0.1) is 0 Å². The third kappa shape index (κ3) is 2.72. The van der Waals surface area contributed by atoms with Crippen LogP contribution in [0.15, 0.2) is 0 Å². The summed E-state index contributed by atoms with van der Waals surface area (Å²) in [5, 5.41) is 23.2. The van der Waals surface area contributed by atoms with Gasteiger partial charge in [0.25, 0.3) is 0 Å². The molecule has 0 saturated heterocycles. The van der Waals surface area contributed by atoms with Crippen LogP contribution in [0.5, 0.6) is 0 Å². The Balaban J connectivity index is 2.59. The lowest BCUT2D eigenvalue weighted by Crippen LogP contribution is -2.48. The van der Waals surface area contributed by atoms with Crippen molar-refractivity contribution in [2.24, 2.45) is 7.05 Å². The molecule has 1 aromatic rings. The Morgan fingerprint density at radius 1 is 1.67 bits per heavy atom. The van der Waals surface area contributed by atoms with Gasteiger partial charge in [-0.1, -0.05) is 6.92 Å². The van der Waals surface area contributed by atoms with E-state index in [9.17, 15) is 4.79 Å². The highest BCUT2D eigenvalue weighted by molar-refractivity contribution is 5.78. The molecular formula is C8H15N5O2. The first kappa shape index (κ1) is 11.6. The van der Waals surface area contributed by atoms with E-state index in [1.807, 2.05) is 6.92 Å². The Labute approximate surface area is 87.5 Å². The van der Waals surface area contributed by atoms with Gasteiger partial charge in [-0.2, -0.15) is 4.80 Å². The molecule has 0 bridgehead atoms. The lowest BCUT2D eigenvalue weighted by atomic mass is 9.99. The average Bonchev–Trinajstić information content (AvgIpc) is 2.60. The molecule has 1 atom stereocenters. The second-order valence-electron chi connectivity index (χ2n) is 3.54. The van der Waals surface area contributed by atoms with Crippen molar-refractivity contribution in [3.63, 3.8) is 0 Å². The SMILES string of the molecule is CCC(C)(NCc1nnn(C)n1)C(=O)O. The second-order valence-corrected chi connectivity index (χ2v) is 3.54. The van der Waals surface area contributed by atoms with Crippen LogP contribution in [0.3, 0.4) is 0 Å². The lowest BCUT2D eigenvalue weighted by molar-refractivity contribution is -0.144. The minimum absolute atomic E-state index is 0.296. The molecule has 0 aliphatic carbocycles. The maximum absolute atomic E-state index is 11.0. The monoisotopic (exact) mass is 213 g/mol. The fraction of sp³-hybridized carbons (Fsp3) is 0.750. The summed E-state index contributed by atoms with van der Waals surface area (Å²) in [5.74, 6) is -0.396. The minimum atomic E-state index is -0.945. The van der Waals surface area contributed by atoms with Crippen LogP contribution in [0.2, 0.25) is 0 Å². The van der Waals surface area contributed by atoms with Gasteiger partial charge in [0, 0.05) is 0 Å². The van der Waals surface area contributed by atoms with E-state index in [2.05, 4.69) is 20.7 Å². The molecule has 7 heteroatoms. The van der Waals surface area contributed by atoms with Crippen molar-refractivity contribution in [2.75, 3.05) is 0 Å². The number of nitrogens with zero attached hydrogens (tertiary/aromatic N) is 4. The standard InChI is InChI=1S/C8H15N5O2/c1-4-8(2,7(14)15)9-5-6-10-12-13(3)11-6/h9H,4-5H2,1-3H3,(H,14,15). The van der Waals surface area contributed by atoms with E-state index in [0.29, 0.717) is 18.8 Å². The number of rotatable bonds is 5. The molecular weight excluding hydrogens is 198 g/mol. The van der Waals surface area contributed by atoms with Crippen LogP contribution < -0.4 is 5.32 Å². The van der Waals surface area contributed by atoms with Crippen molar-refractivity contribution >= 4 is 5.97 Å². The van der Waals surface area contributed by atoms with Crippen molar-refractivity contribution < 1.29 is 9.90 Å². The third-order valence-electron chi connectivity index (χ3n) is 2.37. The highest BCUT2D eigenvalue weighted by atomic mass is 16.4. The summed E-state index contributed by atoms with van der Waals surface area (Å²) in [5.41, 5.74) is -0.945. The van der Waals surface area contributed by atoms with Crippen molar-refractivity contribution in [3.05, 3.63) is 5.82 Å².